The first-order valence-electron chi connectivity index (χ1n) is 7.96. The van der Waals surface area contributed by atoms with Crippen LogP contribution in [0.2, 0.25) is 5.02 Å². The summed E-state index contributed by atoms with van der Waals surface area (Å²) in [5.41, 5.74) is 4.37. The van der Waals surface area contributed by atoms with Crippen molar-refractivity contribution in [3.05, 3.63) is 50.7 Å². The molecule has 1 aliphatic heterocycles. The second-order valence-electron chi connectivity index (χ2n) is 5.89. The largest absolute Gasteiger partial charge is 0.369 e. The quantitative estimate of drug-likeness (QED) is 0.806. The normalized spacial score (nSPS) is 16.2. The predicted molar refractivity (Wildman–Crippen MR) is 97.4 cm³/mol. The third-order valence-electron chi connectivity index (χ3n) is 4.50. The Morgan fingerprint density at radius 3 is 2.41 bits per heavy atom. The molecule has 3 rings (SSSR count). The van der Waals surface area contributed by atoms with Crippen LogP contribution in [-0.4, -0.2) is 31.1 Å². The minimum Gasteiger partial charge on any atom is -0.369 e. The van der Waals surface area contributed by atoms with E-state index in [1.54, 1.807) is 5.56 Å². The van der Waals surface area contributed by atoms with Crippen LogP contribution in [0.25, 0.3) is 0 Å². The molecule has 0 unspecified atom stereocenters. The van der Waals surface area contributed by atoms with E-state index >= 15 is 0 Å². The molecule has 0 spiro atoms. The molecule has 0 saturated carbocycles. The van der Waals surface area contributed by atoms with Gasteiger partial charge in [0.05, 0.1) is 0 Å². The molecule has 118 valence electrons. The summed E-state index contributed by atoms with van der Waals surface area (Å²) >= 11 is 7.86. The molecule has 0 amide bonds. The van der Waals surface area contributed by atoms with Gasteiger partial charge in [-0.15, -0.1) is 11.3 Å². The van der Waals surface area contributed by atoms with Gasteiger partial charge in [0.25, 0.3) is 0 Å². The van der Waals surface area contributed by atoms with Gasteiger partial charge in [-0.05, 0) is 54.1 Å². The molecule has 2 aromatic rings. The number of piperazine rings is 1. The Bertz CT molecular complexity index is 613. The maximum Gasteiger partial charge on any atom is 0.0407 e. The Balaban J connectivity index is 1.58. The van der Waals surface area contributed by atoms with Gasteiger partial charge in [0.1, 0.15) is 0 Å². The first kappa shape index (κ1) is 15.9. The van der Waals surface area contributed by atoms with E-state index in [-0.39, 0.29) is 0 Å². The number of rotatable bonds is 4. The van der Waals surface area contributed by atoms with Crippen molar-refractivity contribution >= 4 is 28.6 Å². The van der Waals surface area contributed by atoms with Crippen LogP contribution in [0.4, 0.5) is 5.69 Å². The zero-order chi connectivity index (χ0) is 15.5. The monoisotopic (exact) mass is 334 g/mol. The van der Waals surface area contributed by atoms with E-state index in [0.717, 1.165) is 44.2 Å². The lowest BCUT2D eigenvalue weighted by atomic mass is 10.1. The van der Waals surface area contributed by atoms with E-state index in [9.17, 15) is 0 Å². The van der Waals surface area contributed by atoms with Gasteiger partial charge >= 0.3 is 0 Å². The molecule has 1 aromatic carbocycles. The van der Waals surface area contributed by atoms with Crippen molar-refractivity contribution in [2.75, 3.05) is 31.1 Å². The Hall–Kier alpha value is -1.03. The van der Waals surface area contributed by atoms with Crippen molar-refractivity contribution in [2.24, 2.45) is 0 Å². The van der Waals surface area contributed by atoms with E-state index in [4.69, 9.17) is 11.6 Å². The molecule has 0 bridgehead atoms. The fourth-order valence-electron chi connectivity index (χ4n) is 3.19. The molecule has 2 heterocycles. The number of aryl methyl sites for hydroxylation is 1. The Labute approximate surface area is 142 Å². The van der Waals surface area contributed by atoms with Gasteiger partial charge < -0.3 is 4.90 Å². The first-order valence-corrected chi connectivity index (χ1v) is 9.22. The third kappa shape index (κ3) is 3.48. The minimum absolute atomic E-state index is 0.808. The van der Waals surface area contributed by atoms with Crippen molar-refractivity contribution in [3.63, 3.8) is 0 Å². The van der Waals surface area contributed by atoms with Crippen molar-refractivity contribution in [1.29, 1.82) is 0 Å². The summed E-state index contributed by atoms with van der Waals surface area (Å²) < 4.78 is 0. The smallest absolute Gasteiger partial charge is 0.0407 e. The highest BCUT2D eigenvalue weighted by Gasteiger charge is 2.18. The van der Waals surface area contributed by atoms with Crippen molar-refractivity contribution < 1.29 is 0 Å². The van der Waals surface area contributed by atoms with Crippen LogP contribution in [0.1, 0.15) is 22.9 Å². The summed E-state index contributed by atoms with van der Waals surface area (Å²) in [6, 6.07) is 8.20. The topological polar surface area (TPSA) is 6.48 Å². The predicted octanol–water partition coefficient (Wildman–Crippen LogP) is 4.59. The Morgan fingerprint density at radius 2 is 1.77 bits per heavy atom. The number of benzene rings is 1. The van der Waals surface area contributed by atoms with Crippen LogP contribution < -0.4 is 4.90 Å². The van der Waals surface area contributed by atoms with E-state index in [2.05, 4.69) is 41.2 Å². The van der Waals surface area contributed by atoms with Crippen LogP contribution in [-0.2, 0) is 13.0 Å². The van der Waals surface area contributed by atoms with Crippen LogP contribution >= 0.6 is 22.9 Å². The summed E-state index contributed by atoms with van der Waals surface area (Å²) in [6.45, 7) is 10.0. The van der Waals surface area contributed by atoms with E-state index in [1.165, 1.54) is 16.1 Å². The van der Waals surface area contributed by atoms with Crippen molar-refractivity contribution in [3.8, 4) is 0 Å². The summed E-state index contributed by atoms with van der Waals surface area (Å²) in [6.07, 6.45) is 1.15. The van der Waals surface area contributed by atoms with E-state index in [1.807, 2.05) is 23.5 Å². The van der Waals surface area contributed by atoms with Crippen molar-refractivity contribution in [1.82, 2.24) is 4.90 Å². The highest BCUT2D eigenvalue weighted by atomic mass is 35.5. The highest BCUT2D eigenvalue weighted by molar-refractivity contribution is 7.10. The van der Waals surface area contributed by atoms with Gasteiger partial charge in [0, 0.05) is 48.3 Å². The van der Waals surface area contributed by atoms with Gasteiger partial charge in [-0.25, -0.2) is 0 Å². The second kappa shape index (κ2) is 7.03. The van der Waals surface area contributed by atoms with Gasteiger partial charge in [-0.2, -0.15) is 0 Å². The standard InChI is InChI=1S/C18H23ClN2S/c1-3-18-14(2)22-13-15(18)12-20-8-10-21(11-9-20)17-6-4-16(19)5-7-17/h4-7,13H,3,8-12H2,1-2H3. The molecule has 1 aromatic heterocycles. The van der Waals surface area contributed by atoms with Gasteiger partial charge in [0.15, 0.2) is 0 Å². The maximum absolute atomic E-state index is 5.97. The lowest BCUT2D eigenvalue weighted by Crippen LogP contribution is -2.46. The second-order valence-corrected chi connectivity index (χ2v) is 7.41. The Kier molecular flexibility index (Phi) is 5.07. The summed E-state index contributed by atoms with van der Waals surface area (Å²) in [5.74, 6) is 0. The van der Waals surface area contributed by atoms with Gasteiger partial charge in [-0.1, -0.05) is 18.5 Å². The molecule has 0 radical (unpaired) electrons. The van der Waals surface area contributed by atoms with E-state index < -0.39 is 0 Å². The number of halogens is 1. The molecule has 2 nitrogen and oxygen atoms in total. The molecular formula is C18H23ClN2S. The molecule has 0 atom stereocenters. The summed E-state index contributed by atoms with van der Waals surface area (Å²) in [7, 11) is 0. The fourth-order valence-corrected chi connectivity index (χ4v) is 4.27. The molecule has 1 saturated heterocycles. The molecular weight excluding hydrogens is 312 g/mol. The SMILES string of the molecule is CCc1c(CN2CCN(c3ccc(Cl)cc3)CC2)csc1C. The number of anilines is 1. The van der Waals surface area contributed by atoms with Gasteiger partial charge in [-0.3, -0.25) is 4.90 Å². The minimum atomic E-state index is 0.808. The molecule has 22 heavy (non-hydrogen) atoms. The average Bonchev–Trinajstić information content (AvgIpc) is 2.89. The van der Waals surface area contributed by atoms with Gasteiger partial charge in [0.2, 0.25) is 0 Å². The number of nitrogens with zero attached hydrogens (tertiary/aromatic N) is 2. The van der Waals surface area contributed by atoms with Crippen LogP contribution in [0.5, 0.6) is 0 Å². The van der Waals surface area contributed by atoms with Crippen molar-refractivity contribution in [2.45, 2.75) is 26.8 Å². The van der Waals surface area contributed by atoms with Crippen LogP contribution in [0.3, 0.4) is 0 Å². The lowest BCUT2D eigenvalue weighted by Gasteiger charge is -2.36. The average molecular weight is 335 g/mol. The molecule has 0 N–H and O–H groups in total. The first-order chi connectivity index (χ1) is 10.7. The van der Waals surface area contributed by atoms with Crippen LogP contribution in [0.15, 0.2) is 29.6 Å². The summed E-state index contributed by atoms with van der Waals surface area (Å²) in [5, 5.41) is 3.15. The molecule has 4 heteroatoms. The zero-order valence-corrected chi connectivity index (χ0v) is 14.9. The zero-order valence-electron chi connectivity index (χ0n) is 13.3. The lowest BCUT2D eigenvalue weighted by molar-refractivity contribution is 0.249. The molecule has 0 aliphatic carbocycles. The van der Waals surface area contributed by atoms with Crippen LogP contribution in [0, 0.1) is 6.92 Å². The molecule has 1 aliphatic rings. The number of hydrogen-bond donors (Lipinski definition) is 0. The fraction of sp³-hybridized carbons (Fsp3) is 0.444. The number of hydrogen-bond acceptors (Lipinski definition) is 3. The summed E-state index contributed by atoms with van der Waals surface area (Å²) in [4.78, 5) is 6.51. The maximum atomic E-state index is 5.97. The third-order valence-corrected chi connectivity index (χ3v) is 5.76. The highest BCUT2D eigenvalue weighted by Crippen LogP contribution is 2.25. The number of thiophene rings is 1. The molecule has 1 fully saturated rings. The van der Waals surface area contributed by atoms with E-state index in [0.29, 0.717) is 0 Å². The Morgan fingerprint density at radius 1 is 1.09 bits per heavy atom.